The van der Waals surface area contributed by atoms with E-state index in [4.69, 9.17) is 0 Å². The smallest absolute Gasteiger partial charge is 0.337 e. The Bertz CT molecular complexity index is 1130. The number of aryl methyl sites for hydroxylation is 3. The van der Waals surface area contributed by atoms with Crippen LogP contribution in [0.4, 0.5) is 10.7 Å². The molecule has 3 amide bonds. The lowest BCUT2D eigenvalue weighted by atomic mass is 10.00. The van der Waals surface area contributed by atoms with Gasteiger partial charge in [0, 0.05) is 58.1 Å². The highest BCUT2D eigenvalue weighted by atomic mass is 16.2. The van der Waals surface area contributed by atoms with Crippen molar-refractivity contribution in [2.75, 3.05) is 44.2 Å². The van der Waals surface area contributed by atoms with E-state index in [0.717, 1.165) is 43.5 Å². The van der Waals surface area contributed by atoms with Crippen molar-refractivity contribution < 1.29 is 9.59 Å². The van der Waals surface area contributed by atoms with Gasteiger partial charge in [0.2, 0.25) is 5.95 Å². The fraction of sp³-hybridized carbons (Fsp3) is 0.500. The third-order valence-corrected chi connectivity index (χ3v) is 7.04. The van der Waals surface area contributed by atoms with Gasteiger partial charge in [0.15, 0.2) is 0 Å². The summed E-state index contributed by atoms with van der Waals surface area (Å²) in [5.41, 5.74) is 4.78. The second-order valence-corrected chi connectivity index (χ2v) is 9.77. The molecule has 4 heterocycles. The van der Waals surface area contributed by atoms with Crippen LogP contribution in [0.15, 0.2) is 29.5 Å². The number of piperazine rings is 1. The summed E-state index contributed by atoms with van der Waals surface area (Å²) in [6.07, 6.45) is 6.37. The fourth-order valence-electron chi connectivity index (χ4n) is 5.19. The van der Waals surface area contributed by atoms with E-state index in [1.807, 2.05) is 22.9 Å². The number of urea groups is 1. The molecular formula is C26H33N7O2. The number of carbonyl (C=O) groups is 2. The highest BCUT2D eigenvalue weighted by molar-refractivity contribution is 5.94. The van der Waals surface area contributed by atoms with Gasteiger partial charge in [0.1, 0.15) is 5.69 Å². The van der Waals surface area contributed by atoms with Crippen LogP contribution in [0.3, 0.4) is 0 Å². The first-order valence-electron chi connectivity index (χ1n) is 12.5. The van der Waals surface area contributed by atoms with Gasteiger partial charge in [-0.2, -0.15) is 5.10 Å². The molecule has 1 aromatic carbocycles. The van der Waals surface area contributed by atoms with E-state index in [1.165, 1.54) is 11.1 Å². The van der Waals surface area contributed by atoms with E-state index < -0.39 is 0 Å². The van der Waals surface area contributed by atoms with Crippen molar-refractivity contribution in [3.63, 3.8) is 0 Å². The third kappa shape index (κ3) is 4.72. The van der Waals surface area contributed by atoms with E-state index >= 15 is 0 Å². The van der Waals surface area contributed by atoms with Crippen LogP contribution in [-0.4, -0.2) is 82.2 Å². The van der Waals surface area contributed by atoms with Crippen LogP contribution in [0, 0.1) is 20.8 Å². The van der Waals surface area contributed by atoms with Crippen molar-refractivity contribution in [2.24, 2.45) is 5.10 Å². The first-order chi connectivity index (χ1) is 16.9. The number of aromatic nitrogens is 2. The number of anilines is 1. The number of carbonyl (C=O) groups excluding carboxylic acids is 2. The van der Waals surface area contributed by atoms with Gasteiger partial charge in [-0.3, -0.25) is 4.79 Å². The predicted octanol–water partition coefficient (Wildman–Crippen LogP) is 3.31. The predicted molar refractivity (Wildman–Crippen MR) is 135 cm³/mol. The van der Waals surface area contributed by atoms with Crippen LogP contribution < -0.4 is 4.90 Å². The fourth-order valence-corrected chi connectivity index (χ4v) is 5.19. The van der Waals surface area contributed by atoms with Crippen molar-refractivity contribution in [1.82, 2.24) is 24.8 Å². The molecule has 3 aliphatic rings. The standard InChI is InChI=1S/C26H33N7O2/c1-18-14-19(2)16-21(15-18)22-6-7-28-33(22)26(35)32-12-10-31(11-13-32)25-27-17-20(3)23(29-25)24(34)30-8-4-5-9-30/h7,14-17,22H,4-6,8-13H2,1-3H3. The maximum atomic E-state index is 13.4. The molecule has 2 aromatic rings. The number of rotatable bonds is 3. The van der Waals surface area contributed by atoms with Crippen molar-refractivity contribution >= 4 is 24.1 Å². The van der Waals surface area contributed by atoms with Crippen LogP contribution >= 0.6 is 0 Å². The van der Waals surface area contributed by atoms with Crippen LogP contribution in [-0.2, 0) is 0 Å². The second-order valence-electron chi connectivity index (χ2n) is 9.77. The Morgan fingerprint density at radius 3 is 2.26 bits per heavy atom. The van der Waals surface area contributed by atoms with Crippen molar-refractivity contribution in [1.29, 1.82) is 0 Å². The second kappa shape index (κ2) is 9.64. The molecule has 0 spiro atoms. The van der Waals surface area contributed by atoms with Crippen molar-refractivity contribution in [2.45, 2.75) is 46.1 Å². The Morgan fingerprint density at radius 2 is 1.57 bits per heavy atom. The van der Waals surface area contributed by atoms with Gasteiger partial charge in [-0.1, -0.05) is 29.3 Å². The molecule has 1 unspecified atom stereocenters. The lowest BCUT2D eigenvalue weighted by Gasteiger charge is -2.37. The highest BCUT2D eigenvalue weighted by Crippen LogP contribution is 2.31. The zero-order valence-corrected chi connectivity index (χ0v) is 20.8. The zero-order valence-electron chi connectivity index (χ0n) is 20.8. The van der Waals surface area contributed by atoms with Gasteiger partial charge < -0.3 is 14.7 Å². The summed E-state index contributed by atoms with van der Waals surface area (Å²) in [7, 11) is 0. The van der Waals surface area contributed by atoms with Gasteiger partial charge in [0.05, 0.1) is 6.04 Å². The maximum Gasteiger partial charge on any atom is 0.341 e. The van der Waals surface area contributed by atoms with Gasteiger partial charge in [-0.15, -0.1) is 0 Å². The molecule has 5 rings (SSSR count). The van der Waals surface area contributed by atoms with Gasteiger partial charge in [0.25, 0.3) is 5.91 Å². The number of hydrogen-bond donors (Lipinski definition) is 0. The number of nitrogens with zero attached hydrogens (tertiary/aromatic N) is 7. The summed E-state index contributed by atoms with van der Waals surface area (Å²) in [5.74, 6) is 0.541. The van der Waals surface area contributed by atoms with Crippen LogP contribution in [0.5, 0.6) is 0 Å². The summed E-state index contributed by atoms with van der Waals surface area (Å²) in [4.78, 5) is 41.2. The minimum atomic E-state index is -0.0720. The molecule has 2 fully saturated rings. The molecule has 1 atom stereocenters. The van der Waals surface area contributed by atoms with E-state index in [1.54, 1.807) is 11.2 Å². The van der Waals surface area contributed by atoms with Crippen molar-refractivity contribution in [3.8, 4) is 0 Å². The Morgan fingerprint density at radius 1 is 0.886 bits per heavy atom. The Kier molecular flexibility index (Phi) is 6.40. The van der Waals surface area contributed by atoms with E-state index in [9.17, 15) is 9.59 Å². The van der Waals surface area contributed by atoms with Gasteiger partial charge >= 0.3 is 6.03 Å². The molecule has 3 aliphatic heterocycles. The third-order valence-electron chi connectivity index (χ3n) is 7.04. The summed E-state index contributed by atoms with van der Waals surface area (Å²) >= 11 is 0. The molecule has 0 bridgehead atoms. The highest BCUT2D eigenvalue weighted by Gasteiger charge is 2.34. The lowest BCUT2D eigenvalue weighted by Crippen LogP contribution is -2.52. The van der Waals surface area contributed by atoms with E-state index in [-0.39, 0.29) is 18.0 Å². The largest absolute Gasteiger partial charge is 0.341 e. The van der Waals surface area contributed by atoms with Crippen LogP contribution in [0.25, 0.3) is 0 Å². The SMILES string of the molecule is Cc1cc(C)cc(C2CC=NN2C(=O)N2CCN(c3ncc(C)c(C(=O)N4CCCC4)n3)CC2)c1. The summed E-state index contributed by atoms with van der Waals surface area (Å²) < 4.78 is 0. The number of hydrazone groups is 1. The molecule has 184 valence electrons. The molecule has 0 aliphatic carbocycles. The number of amides is 3. The van der Waals surface area contributed by atoms with E-state index in [0.29, 0.717) is 37.8 Å². The molecule has 9 heteroatoms. The first-order valence-corrected chi connectivity index (χ1v) is 12.5. The molecule has 0 saturated carbocycles. The average Bonchev–Trinajstić information content (AvgIpc) is 3.56. The zero-order chi connectivity index (χ0) is 24.5. The summed E-state index contributed by atoms with van der Waals surface area (Å²) in [5, 5.41) is 6.04. The van der Waals surface area contributed by atoms with Gasteiger partial charge in [-0.05, 0) is 44.7 Å². The van der Waals surface area contributed by atoms with Crippen LogP contribution in [0.2, 0.25) is 0 Å². The Hall–Kier alpha value is -3.49. The normalized spacial score (nSPS) is 20.1. The average molecular weight is 476 g/mol. The lowest BCUT2D eigenvalue weighted by molar-refractivity contribution is 0.0786. The monoisotopic (exact) mass is 475 g/mol. The quantitative estimate of drug-likeness (QED) is 0.680. The number of hydrogen-bond acceptors (Lipinski definition) is 6. The summed E-state index contributed by atoms with van der Waals surface area (Å²) in [6, 6.07) is 6.28. The first kappa shape index (κ1) is 23.3. The van der Waals surface area contributed by atoms with E-state index in [2.05, 4.69) is 52.0 Å². The minimum Gasteiger partial charge on any atom is -0.337 e. The molecule has 2 saturated heterocycles. The molecule has 0 N–H and O–H groups in total. The molecule has 0 radical (unpaired) electrons. The molecular weight excluding hydrogens is 442 g/mol. The molecule has 35 heavy (non-hydrogen) atoms. The minimum absolute atomic E-state index is 0.0122. The van der Waals surface area contributed by atoms with Gasteiger partial charge in [-0.25, -0.2) is 19.8 Å². The number of likely N-dealkylation sites (tertiary alicyclic amines) is 1. The number of benzene rings is 1. The molecule has 1 aromatic heterocycles. The van der Waals surface area contributed by atoms with Crippen LogP contribution in [0.1, 0.15) is 58.0 Å². The Labute approximate surface area is 206 Å². The summed E-state index contributed by atoms with van der Waals surface area (Å²) in [6.45, 7) is 9.95. The topological polar surface area (TPSA) is 85.2 Å². The maximum absolute atomic E-state index is 13.4. The van der Waals surface area contributed by atoms with Crippen molar-refractivity contribution in [3.05, 3.63) is 52.3 Å². The Balaban J connectivity index is 1.25. The molecule has 9 nitrogen and oxygen atoms in total.